The number of hydrogen-bond donors (Lipinski definition) is 2. The van der Waals surface area contributed by atoms with Gasteiger partial charge in [-0.3, -0.25) is 4.79 Å². The first kappa shape index (κ1) is 20.8. The van der Waals surface area contributed by atoms with Crippen LogP contribution in [-0.2, 0) is 12.8 Å². The lowest BCUT2D eigenvalue weighted by Crippen LogP contribution is -2.19. The summed E-state index contributed by atoms with van der Waals surface area (Å²) in [5.41, 5.74) is 3.15. The molecule has 2 N–H and O–H groups in total. The lowest BCUT2D eigenvalue weighted by Gasteiger charge is -2.11. The Morgan fingerprint density at radius 3 is 2.38 bits per heavy atom. The monoisotopic (exact) mass is 410 g/mol. The fourth-order valence-electron chi connectivity index (χ4n) is 3.19. The van der Waals surface area contributed by atoms with Crippen molar-refractivity contribution in [1.82, 2.24) is 9.97 Å². The van der Waals surface area contributed by atoms with Gasteiger partial charge in [0, 0.05) is 22.6 Å². The third-order valence-electron chi connectivity index (χ3n) is 4.82. The molecule has 0 fully saturated rings. The standard InChI is InChI=1S/C23H23ClN2O3/c1-2-3-4-5-20-19(14-15-6-8-17(9-7-15)23(28)29)22(27)26-21(25-20)16-10-12-18(24)13-11-16/h6-13H,2-5,14H2,1H3,(H,28,29)(H,25,26,27). The summed E-state index contributed by atoms with van der Waals surface area (Å²) in [6, 6.07) is 13.8. The molecule has 0 saturated heterocycles. The maximum Gasteiger partial charge on any atom is 0.335 e. The third kappa shape index (κ3) is 5.33. The fraction of sp³-hybridized carbons (Fsp3) is 0.261. The predicted molar refractivity (Wildman–Crippen MR) is 115 cm³/mol. The van der Waals surface area contributed by atoms with Gasteiger partial charge in [0.25, 0.3) is 5.56 Å². The highest BCUT2D eigenvalue weighted by Crippen LogP contribution is 2.20. The number of carboxylic acids is 1. The molecule has 0 saturated carbocycles. The average Bonchev–Trinajstić information content (AvgIpc) is 2.71. The van der Waals surface area contributed by atoms with Crippen LogP contribution in [0, 0.1) is 0 Å². The number of carboxylic acid groups (broad SMARTS) is 1. The second-order valence-corrected chi connectivity index (χ2v) is 7.42. The number of halogens is 1. The Labute approximate surface area is 174 Å². The molecule has 150 valence electrons. The van der Waals surface area contributed by atoms with E-state index in [-0.39, 0.29) is 11.1 Å². The summed E-state index contributed by atoms with van der Waals surface area (Å²) < 4.78 is 0. The first-order valence-corrected chi connectivity index (χ1v) is 10.1. The molecule has 0 bridgehead atoms. The van der Waals surface area contributed by atoms with Gasteiger partial charge in [0.2, 0.25) is 0 Å². The van der Waals surface area contributed by atoms with E-state index >= 15 is 0 Å². The number of unbranched alkanes of at least 4 members (excludes halogenated alkanes) is 2. The normalized spacial score (nSPS) is 10.8. The largest absolute Gasteiger partial charge is 0.478 e. The van der Waals surface area contributed by atoms with Gasteiger partial charge in [-0.15, -0.1) is 0 Å². The SMILES string of the molecule is CCCCCc1nc(-c2ccc(Cl)cc2)[nH]c(=O)c1Cc1ccc(C(=O)O)cc1. The van der Waals surface area contributed by atoms with Gasteiger partial charge in [0.05, 0.1) is 11.3 Å². The van der Waals surface area contributed by atoms with E-state index in [9.17, 15) is 9.59 Å². The lowest BCUT2D eigenvalue weighted by molar-refractivity contribution is 0.0697. The van der Waals surface area contributed by atoms with E-state index in [0.29, 0.717) is 22.8 Å². The first-order valence-electron chi connectivity index (χ1n) is 9.68. The lowest BCUT2D eigenvalue weighted by atomic mass is 10.00. The van der Waals surface area contributed by atoms with E-state index < -0.39 is 5.97 Å². The zero-order chi connectivity index (χ0) is 20.8. The minimum atomic E-state index is -0.969. The number of nitrogens with zero attached hydrogens (tertiary/aromatic N) is 1. The molecule has 29 heavy (non-hydrogen) atoms. The number of rotatable bonds is 8. The molecule has 3 rings (SSSR count). The summed E-state index contributed by atoms with van der Waals surface area (Å²) in [5.74, 6) is -0.438. The molecule has 1 aromatic heterocycles. The maximum absolute atomic E-state index is 12.9. The molecular weight excluding hydrogens is 388 g/mol. The molecule has 0 aliphatic rings. The van der Waals surface area contributed by atoms with Crippen LogP contribution in [0.25, 0.3) is 11.4 Å². The second kappa shape index (κ2) is 9.52. The average molecular weight is 411 g/mol. The summed E-state index contributed by atoms with van der Waals surface area (Å²) in [6.07, 6.45) is 4.24. The van der Waals surface area contributed by atoms with E-state index in [2.05, 4.69) is 11.9 Å². The maximum atomic E-state index is 12.9. The Kier molecular flexibility index (Phi) is 6.83. The Hall–Kier alpha value is -2.92. The molecular formula is C23H23ClN2O3. The number of aromatic nitrogens is 2. The van der Waals surface area contributed by atoms with Crippen LogP contribution in [0.4, 0.5) is 0 Å². The van der Waals surface area contributed by atoms with Gasteiger partial charge in [-0.05, 0) is 54.8 Å². The van der Waals surface area contributed by atoms with Crippen LogP contribution in [0.2, 0.25) is 5.02 Å². The van der Waals surface area contributed by atoms with Crippen molar-refractivity contribution in [3.05, 3.63) is 86.3 Å². The van der Waals surface area contributed by atoms with Crippen LogP contribution in [0.1, 0.15) is 53.4 Å². The summed E-state index contributed by atoms with van der Waals surface area (Å²) in [5, 5.41) is 9.68. The van der Waals surface area contributed by atoms with Crippen molar-refractivity contribution in [3.63, 3.8) is 0 Å². The highest BCUT2D eigenvalue weighted by Gasteiger charge is 2.14. The summed E-state index contributed by atoms with van der Waals surface area (Å²) in [4.78, 5) is 31.6. The summed E-state index contributed by atoms with van der Waals surface area (Å²) in [6.45, 7) is 2.13. The van der Waals surface area contributed by atoms with E-state index in [0.717, 1.165) is 42.5 Å². The zero-order valence-electron chi connectivity index (χ0n) is 16.2. The van der Waals surface area contributed by atoms with Crippen LogP contribution in [-0.4, -0.2) is 21.0 Å². The van der Waals surface area contributed by atoms with Gasteiger partial charge in [-0.1, -0.05) is 43.5 Å². The minimum absolute atomic E-state index is 0.168. The van der Waals surface area contributed by atoms with Crippen LogP contribution < -0.4 is 5.56 Å². The third-order valence-corrected chi connectivity index (χ3v) is 5.07. The van der Waals surface area contributed by atoms with Crippen molar-refractivity contribution < 1.29 is 9.90 Å². The number of benzene rings is 2. The van der Waals surface area contributed by atoms with Crippen LogP contribution in [0.15, 0.2) is 53.3 Å². The van der Waals surface area contributed by atoms with Crippen molar-refractivity contribution >= 4 is 17.6 Å². The Bertz CT molecular complexity index is 1040. The van der Waals surface area contributed by atoms with E-state index in [1.807, 2.05) is 12.1 Å². The van der Waals surface area contributed by atoms with Crippen molar-refractivity contribution in [1.29, 1.82) is 0 Å². The van der Waals surface area contributed by atoms with Crippen molar-refractivity contribution in [3.8, 4) is 11.4 Å². The number of aromatic amines is 1. The molecule has 1 heterocycles. The smallest absolute Gasteiger partial charge is 0.335 e. The van der Waals surface area contributed by atoms with Gasteiger partial charge in [0.1, 0.15) is 5.82 Å². The molecule has 0 aliphatic heterocycles. The topological polar surface area (TPSA) is 83.0 Å². The van der Waals surface area contributed by atoms with Crippen molar-refractivity contribution in [2.24, 2.45) is 0 Å². The molecule has 0 amide bonds. The predicted octanol–water partition coefficient (Wildman–Crippen LogP) is 5.11. The van der Waals surface area contributed by atoms with E-state index in [4.69, 9.17) is 21.7 Å². The Morgan fingerprint density at radius 2 is 1.76 bits per heavy atom. The molecule has 0 aliphatic carbocycles. The number of hydrogen-bond acceptors (Lipinski definition) is 3. The van der Waals surface area contributed by atoms with Crippen LogP contribution >= 0.6 is 11.6 Å². The fourth-order valence-corrected chi connectivity index (χ4v) is 3.32. The molecule has 0 unspecified atom stereocenters. The zero-order valence-corrected chi connectivity index (χ0v) is 17.0. The summed E-state index contributed by atoms with van der Waals surface area (Å²) in [7, 11) is 0. The highest BCUT2D eigenvalue weighted by atomic mass is 35.5. The molecule has 0 spiro atoms. The second-order valence-electron chi connectivity index (χ2n) is 6.98. The van der Waals surface area contributed by atoms with Gasteiger partial charge in [-0.25, -0.2) is 9.78 Å². The van der Waals surface area contributed by atoms with Crippen molar-refractivity contribution in [2.45, 2.75) is 39.0 Å². The molecule has 6 heteroatoms. The number of carbonyl (C=O) groups is 1. The highest BCUT2D eigenvalue weighted by molar-refractivity contribution is 6.30. The molecule has 5 nitrogen and oxygen atoms in total. The minimum Gasteiger partial charge on any atom is -0.478 e. The first-order chi connectivity index (χ1) is 14.0. The number of aromatic carboxylic acids is 1. The number of nitrogens with one attached hydrogen (secondary N) is 1. The van der Waals surface area contributed by atoms with E-state index in [1.54, 1.807) is 36.4 Å². The molecule has 0 atom stereocenters. The quantitative estimate of drug-likeness (QED) is 0.505. The van der Waals surface area contributed by atoms with Gasteiger partial charge >= 0.3 is 5.97 Å². The number of aryl methyl sites for hydroxylation is 1. The number of H-pyrrole nitrogens is 1. The van der Waals surface area contributed by atoms with Crippen molar-refractivity contribution in [2.75, 3.05) is 0 Å². The van der Waals surface area contributed by atoms with Gasteiger partial charge in [-0.2, -0.15) is 0 Å². The Morgan fingerprint density at radius 1 is 1.07 bits per heavy atom. The van der Waals surface area contributed by atoms with Crippen LogP contribution in [0.5, 0.6) is 0 Å². The molecule has 2 aromatic carbocycles. The Balaban J connectivity index is 1.96. The summed E-state index contributed by atoms with van der Waals surface area (Å²) >= 11 is 5.96. The van der Waals surface area contributed by atoms with Gasteiger partial charge < -0.3 is 10.1 Å². The van der Waals surface area contributed by atoms with E-state index in [1.165, 1.54) is 0 Å². The van der Waals surface area contributed by atoms with Crippen LogP contribution in [0.3, 0.4) is 0 Å². The van der Waals surface area contributed by atoms with Gasteiger partial charge in [0.15, 0.2) is 0 Å². The molecule has 0 radical (unpaired) electrons. The molecule has 3 aromatic rings.